The molecule has 0 radical (unpaired) electrons. The fourth-order valence-corrected chi connectivity index (χ4v) is 2.71. The molecule has 0 aliphatic heterocycles. The number of hydrogen-bond acceptors (Lipinski definition) is 3. The van der Waals surface area contributed by atoms with Crippen molar-refractivity contribution in [3.8, 4) is 17.6 Å². The highest BCUT2D eigenvalue weighted by atomic mass is 19.1. The van der Waals surface area contributed by atoms with Gasteiger partial charge < -0.3 is 10.1 Å². The second-order valence-corrected chi connectivity index (χ2v) is 7.36. The molecule has 4 nitrogen and oxygen atoms in total. The van der Waals surface area contributed by atoms with E-state index in [1.54, 1.807) is 30.6 Å². The molecule has 1 N–H and O–H groups in total. The molecule has 3 aromatic rings. The van der Waals surface area contributed by atoms with E-state index < -0.39 is 11.7 Å². The fourth-order valence-electron chi connectivity index (χ4n) is 2.71. The minimum absolute atomic E-state index is 0.0356. The zero-order valence-electron chi connectivity index (χ0n) is 16.3. The van der Waals surface area contributed by atoms with Gasteiger partial charge in [-0.3, -0.25) is 9.78 Å². The average molecular weight is 376 g/mol. The third-order valence-corrected chi connectivity index (χ3v) is 4.05. The molecule has 0 saturated heterocycles. The predicted molar refractivity (Wildman–Crippen MR) is 109 cm³/mol. The Morgan fingerprint density at radius 1 is 1.18 bits per heavy atom. The van der Waals surface area contributed by atoms with Crippen LogP contribution >= 0.6 is 0 Å². The summed E-state index contributed by atoms with van der Waals surface area (Å²) in [6.07, 6.45) is 3.35. The SMILES string of the molecule is COc1c(C#CC(C)(C)C)ccc(C(=O)Nc2cccc3cnccc23)c1F. The highest BCUT2D eigenvalue weighted by molar-refractivity contribution is 6.09. The van der Waals surface area contributed by atoms with Gasteiger partial charge in [0, 0.05) is 34.3 Å². The van der Waals surface area contributed by atoms with Crippen molar-refractivity contribution >= 4 is 22.4 Å². The van der Waals surface area contributed by atoms with E-state index >= 15 is 0 Å². The molecule has 1 amide bonds. The normalized spacial score (nSPS) is 10.9. The molecule has 5 heteroatoms. The van der Waals surface area contributed by atoms with Gasteiger partial charge in [0.25, 0.3) is 5.91 Å². The first-order chi connectivity index (χ1) is 13.3. The monoisotopic (exact) mass is 376 g/mol. The zero-order valence-corrected chi connectivity index (χ0v) is 16.3. The summed E-state index contributed by atoms with van der Waals surface area (Å²) in [5, 5.41) is 4.48. The number of rotatable bonds is 3. The van der Waals surface area contributed by atoms with Gasteiger partial charge in [-0.2, -0.15) is 0 Å². The van der Waals surface area contributed by atoms with E-state index in [1.807, 2.05) is 32.9 Å². The van der Waals surface area contributed by atoms with Gasteiger partial charge in [-0.1, -0.05) is 24.0 Å². The lowest BCUT2D eigenvalue weighted by atomic mass is 9.97. The number of ether oxygens (including phenoxy) is 1. The number of methoxy groups -OCH3 is 1. The molecule has 142 valence electrons. The first-order valence-electron chi connectivity index (χ1n) is 8.84. The van der Waals surface area contributed by atoms with E-state index in [2.05, 4.69) is 22.1 Å². The van der Waals surface area contributed by atoms with Crippen LogP contribution in [-0.4, -0.2) is 18.0 Å². The molecule has 0 atom stereocenters. The summed E-state index contributed by atoms with van der Waals surface area (Å²) < 4.78 is 20.1. The van der Waals surface area contributed by atoms with Crippen LogP contribution in [0.1, 0.15) is 36.7 Å². The Kier molecular flexibility index (Phi) is 5.32. The lowest BCUT2D eigenvalue weighted by molar-refractivity contribution is 0.102. The Morgan fingerprint density at radius 2 is 1.96 bits per heavy atom. The van der Waals surface area contributed by atoms with Crippen molar-refractivity contribution in [3.63, 3.8) is 0 Å². The van der Waals surface area contributed by atoms with Gasteiger partial charge in [-0.25, -0.2) is 4.39 Å². The standard InChI is InChI=1S/C23H21FN2O2/c1-23(2,3)12-10-15-8-9-18(20(24)21(15)28-4)22(27)26-19-7-5-6-16-14-25-13-11-17(16)19/h5-9,11,13-14H,1-4H3,(H,26,27). The molecular weight excluding hydrogens is 355 g/mol. The largest absolute Gasteiger partial charge is 0.492 e. The Morgan fingerprint density at radius 3 is 2.68 bits per heavy atom. The third kappa shape index (κ3) is 4.12. The molecule has 0 spiro atoms. The highest BCUT2D eigenvalue weighted by Gasteiger charge is 2.19. The summed E-state index contributed by atoms with van der Waals surface area (Å²) in [6, 6.07) is 10.3. The molecule has 28 heavy (non-hydrogen) atoms. The molecule has 1 aromatic heterocycles. The van der Waals surface area contributed by atoms with Crippen LogP contribution in [0.2, 0.25) is 0 Å². The number of nitrogens with one attached hydrogen (secondary N) is 1. The maximum Gasteiger partial charge on any atom is 0.258 e. The number of halogens is 1. The molecule has 0 unspecified atom stereocenters. The predicted octanol–water partition coefficient (Wildman–Crippen LogP) is 5.03. The quantitative estimate of drug-likeness (QED) is 0.652. The summed E-state index contributed by atoms with van der Waals surface area (Å²) in [6.45, 7) is 5.89. The number of aromatic nitrogens is 1. The second-order valence-electron chi connectivity index (χ2n) is 7.36. The van der Waals surface area contributed by atoms with Crippen LogP contribution < -0.4 is 10.1 Å². The van der Waals surface area contributed by atoms with Crippen LogP contribution in [0, 0.1) is 23.1 Å². The minimum atomic E-state index is -0.734. The molecule has 0 aliphatic carbocycles. The molecule has 0 aliphatic rings. The average Bonchev–Trinajstić information content (AvgIpc) is 2.66. The van der Waals surface area contributed by atoms with Crippen LogP contribution in [-0.2, 0) is 0 Å². The molecule has 0 saturated carbocycles. The van der Waals surface area contributed by atoms with Crippen molar-refractivity contribution in [2.75, 3.05) is 12.4 Å². The molecule has 1 heterocycles. The van der Waals surface area contributed by atoms with E-state index in [-0.39, 0.29) is 16.7 Å². The summed E-state index contributed by atoms with van der Waals surface area (Å²) in [7, 11) is 1.36. The van der Waals surface area contributed by atoms with Crippen molar-refractivity contribution in [2.45, 2.75) is 20.8 Å². The van der Waals surface area contributed by atoms with Gasteiger partial charge in [-0.15, -0.1) is 0 Å². The molecular formula is C23H21FN2O2. The van der Waals surface area contributed by atoms with E-state index in [0.717, 1.165) is 10.8 Å². The van der Waals surface area contributed by atoms with Crippen LogP contribution in [0.15, 0.2) is 48.8 Å². The van der Waals surface area contributed by atoms with Crippen molar-refractivity contribution in [1.82, 2.24) is 4.98 Å². The Balaban J connectivity index is 1.97. The smallest absolute Gasteiger partial charge is 0.258 e. The van der Waals surface area contributed by atoms with E-state index in [9.17, 15) is 9.18 Å². The van der Waals surface area contributed by atoms with Crippen molar-refractivity contribution in [3.05, 3.63) is 65.7 Å². The lowest BCUT2D eigenvalue weighted by Crippen LogP contribution is -2.15. The van der Waals surface area contributed by atoms with Gasteiger partial charge >= 0.3 is 0 Å². The molecule has 0 fully saturated rings. The van der Waals surface area contributed by atoms with Gasteiger partial charge in [0.2, 0.25) is 0 Å². The van der Waals surface area contributed by atoms with Gasteiger partial charge in [-0.05, 0) is 45.0 Å². The maximum atomic E-state index is 15.0. The summed E-state index contributed by atoms with van der Waals surface area (Å²) in [5.41, 5.74) is 0.646. The number of hydrogen-bond donors (Lipinski definition) is 1. The lowest BCUT2D eigenvalue weighted by Gasteiger charge is -2.12. The van der Waals surface area contributed by atoms with Crippen LogP contribution in [0.25, 0.3) is 10.8 Å². The van der Waals surface area contributed by atoms with Gasteiger partial charge in [0.1, 0.15) is 0 Å². The molecule has 0 bridgehead atoms. The van der Waals surface area contributed by atoms with Gasteiger partial charge in [0.05, 0.1) is 18.2 Å². The minimum Gasteiger partial charge on any atom is -0.492 e. The van der Waals surface area contributed by atoms with Crippen molar-refractivity contribution < 1.29 is 13.9 Å². The number of amides is 1. The fraction of sp³-hybridized carbons (Fsp3) is 0.217. The Bertz CT molecular complexity index is 1100. The highest BCUT2D eigenvalue weighted by Crippen LogP contribution is 2.28. The zero-order chi connectivity index (χ0) is 20.3. The van der Waals surface area contributed by atoms with Gasteiger partial charge in [0.15, 0.2) is 11.6 Å². The number of nitrogens with zero attached hydrogens (tertiary/aromatic N) is 1. The number of pyridine rings is 1. The number of carbonyl (C=O) groups is 1. The van der Waals surface area contributed by atoms with Crippen molar-refractivity contribution in [2.24, 2.45) is 5.41 Å². The van der Waals surface area contributed by atoms with Crippen LogP contribution in [0.5, 0.6) is 5.75 Å². The topological polar surface area (TPSA) is 51.2 Å². The second kappa shape index (κ2) is 7.69. The first kappa shape index (κ1) is 19.4. The van der Waals surface area contributed by atoms with Crippen LogP contribution in [0.4, 0.5) is 10.1 Å². The number of anilines is 1. The van der Waals surface area contributed by atoms with Crippen molar-refractivity contribution in [1.29, 1.82) is 0 Å². The van der Waals surface area contributed by atoms with E-state index in [4.69, 9.17) is 4.74 Å². The number of carbonyl (C=O) groups excluding carboxylic acids is 1. The summed E-state index contributed by atoms with van der Waals surface area (Å²) in [4.78, 5) is 16.8. The third-order valence-electron chi connectivity index (χ3n) is 4.05. The number of fused-ring (bicyclic) bond motifs is 1. The summed E-state index contributed by atoms with van der Waals surface area (Å²) in [5.74, 6) is 4.65. The molecule has 2 aromatic carbocycles. The van der Waals surface area contributed by atoms with Crippen LogP contribution in [0.3, 0.4) is 0 Å². The number of benzene rings is 2. The Hall–Kier alpha value is -3.39. The molecule has 3 rings (SSSR count). The maximum absolute atomic E-state index is 15.0. The Labute approximate surface area is 163 Å². The summed E-state index contributed by atoms with van der Waals surface area (Å²) >= 11 is 0. The first-order valence-corrected chi connectivity index (χ1v) is 8.84. The van der Waals surface area contributed by atoms with E-state index in [1.165, 1.54) is 13.2 Å². The van der Waals surface area contributed by atoms with E-state index in [0.29, 0.717) is 11.3 Å².